The summed E-state index contributed by atoms with van der Waals surface area (Å²) in [6.07, 6.45) is 8.13. The molecule has 0 bridgehead atoms. The monoisotopic (exact) mass is 429 g/mol. The smallest absolute Gasteiger partial charge is 0.191 e. The molecule has 0 spiro atoms. The van der Waals surface area contributed by atoms with Crippen LogP contribution < -0.4 is 10.6 Å². The van der Waals surface area contributed by atoms with Crippen LogP contribution in [0.2, 0.25) is 0 Å². The molecule has 0 amide bonds. The summed E-state index contributed by atoms with van der Waals surface area (Å²) in [6.45, 7) is 8.39. The summed E-state index contributed by atoms with van der Waals surface area (Å²) in [5, 5.41) is 7.27. The molecule has 1 heterocycles. The highest BCUT2D eigenvalue weighted by atomic mass is 32.2. The van der Waals surface area contributed by atoms with E-state index in [-0.39, 0.29) is 0 Å². The molecule has 3 unspecified atom stereocenters. The number of aryl methyl sites for hydroxylation is 1. The second-order valence-corrected chi connectivity index (χ2v) is 9.92. The van der Waals surface area contributed by atoms with Gasteiger partial charge < -0.3 is 15.2 Å². The molecule has 30 heavy (non-hydrogen) atoms. The fraction of sp³-hybridized carbons (Fsp3) is 0.565. The minimum Gasteiger partial charge on any atom is -0.357 e. The van der Waals surface area contributed by atoms with E-state index < -0.39 is 10.8 Å². The number of nitrogens with one attached hydrogen (secondary N) is 2. The average molecular weight is 430 g/mol. The van der Waals surface area contributed by atoms with Gasteiger partial charge in [0, 0.05) is 53.3 Å². The third kappa shape index (κ3) is 6.42. The van der Waals surface area contributed by atoms with E-state index in [1.807, 2.05) is 26.2 Å². The molecule has 1 fully saturated rings. The fourth-order valence-electron chi connectivity index (χ4n) is 4.03. The first-order valence-corrected chi connectivity index (χ1v) is 12.4. The topological polar surface area (TPSA) is 71.3 Å². The summed E-state index contributed by atoms with van der Waals surface area (Å²) in [6, 6.07) is 8.92. The number of rotatable bonds is 8. The molecule has 3 atom stereocenters. The van der Waals surface area contributed by atoms with Gasteiger partial charge >= 0.3 is 0 Å². The van der Waals surface area contributed by atoms with E-state index in [4.69, 9.17) is 4.99 Å². The van der Waals surface area contributed by atoms with Crippen molar-refractivity contribution in [3.8, 4) is 0 Å². The van der Waals surface area contributed by atoms with Crippen LogP contribution in [0, 0.1) is 6.92 Å². The van der Waals surface area contributed by atoms with Crippen molar-refractivity contribution in [3.05, 3.63) is 53.6 Å². The van der Waals surface area contributed by atoms with Gasteiger partial charge in [0.05, 0.1) is 6.54 Å². The second kappa shape index (κ2) is 11.3. The molecule has 1 aromatic heterocycles. The molecule has 7 heteroatoms. The highest BCUT2D eigenvalue weighted by Crippen LogP contribution is 2.23. The van der Waals surface area contributed by atoms with Crippen molar-refractivity contribution in [3.63, 3.8) is 0 Å². The van der Waals surface area contributed by atoms with Gasteiger partial charge in [-0.15, -0.1) is 0 Å². The lowest BCUT2D eigenvalue weighted by atomic mass is 9.95. The summed E-state index contributed by atoms with van der Waals surface area (Å²) in [7, 11) is -0.711. The Hall–Kier alpha value is -2.15. The van der Waals surface area contributed by atoms with Crippen LogP contribution in [0.25, 0.3) is 0 Å². The average Bonchev–Trinajstić information content (AvgIpc) is 3.16. The van der Waals surface area contributed by atoms with Gasteiger partial charge in [-0.3, -0.25) is 4.21 Å². The number of guanidine groups is 1. The van der Waals surface area contributed by atoms with Gasteiger partial charge in [-0.25, -0.2) is 9.98 Å². The summed E-state index contributed by atoms with van der Waals surface area (Å²) in [4.78, 5) is 9.12. The SMILES string of the molecule is CCNC(=NCc1cccc(Cn2ccnc2C)c1)NC1CCCC(S(=O)CC)C1. The van der Waals surface area contributed by atoms with Crippen LogP contribution >= 0.6 is 0 Å². The van der Waals surface area contributed by atoms with Crippen molar-refractivity contribution in [1.82, 2.24) is 20.2 Å². The van der Waals surface area contributed by atoms with Crippen LogP contribution in [0.3, 0.4) is 0 Å². The molecule has 1 saturated carbocycles. The Balaban J connectivity index is 1.62. The van der Waals surface area contributed by atoms with E-state index in [1.165, 1.54) is 11.1 Å². The van der Waals surface area contributed by atoms with Crippen LogP contribution in [0.1, 0.15) is 56.5 Å². The van der Waals surface area contributed by atoms with Crippen molar-refractivity contribution >= 4 is 16.8 Å². The van der Waals surface area contributed by atoms with Gasteiger partial charge in [-0.05, 0) is 44.2 Å². The van der Waals surface area contributed by atoms with E-state index >= 15 is 0 Å². The van der Waals surface area contributed by atoms with Crippen LogP contribution in [-0.2, 0) is 23.9 Å². The van der Waals surface area contributed by atoms with Gasteiger partial charge in [-0.2, -0.15) is 0 Å². The minimum atomic E-state index is -0.711. The van der Waals surface area contributed by atoms with Gasteiger partial charge in [0.2, 0.25) is 0 Å². The number of imidazole rings is 1. The molecule has 1 aliphatic rings. The van der Waals surface area contributed by atoms with Crippen LogP contribution in [0.5, 0.6) is 0 Å². The molecule has 3 rings (SSSR count). The molecule has 164 valence electrons. The Morgan fingerprint density at radius 3 is 2.87 bits per heavy atom. The van der Waals surface area contributed by atoms with Crippen molar-refractivity contribution in [2.75, 3.05) is 12.3 Å². The van der Waals surface area contributed by atoms with Gasteiger partial charge in [-0.1, -0.05) is 37.6 Å². The molecule has 0 aliphatic heterocycles. The molecule has 6 nitrogen and oxygen atoms in total. The van der Waals surface area contributed by atoms with Crippen LogP contribution in [0.4, 0.5) is 0 Å². The van der Waals surface area contributed by atoms with E-state index in [0.29, 0.717) is 17.8 Å². The molecule has 2 N–H and O–H groups in total. The normalized spacial score (nSPS) is 20.7. The zero-order valence-electron chi connectivity index (χ0n) is 18.4. The highest BCUT2D eigenvalue weighted by molar-refractivity contribution is 7.85. The van der Waals surface area contributed by atoms with E-state index in [2.05, 4.69) is 51.4 Å². The van der Waals surface area contributed by atoms with Crippen molar-refractivity contribution in [2.45, 2.75) is 70.8 Å². The lowest BCUT2D eigenvalue weighted by Gasteiger charge is -2.30. The van der Waals surface area contributed by atoms with Crippen molar-refractivity contribution in [2.24, 2.45) is 4.99 Å². The quantitative estimate of drug-likeness (QED) is 0.499. The molecule has 1 aromatic carbocycles. The summed E-state index contributed by atoms with van der Waals surface area (Å²) in [5.74, 6) is 2.62. The predicted octanol–water partition coefficient (Wildman–Crippen LogP) is 3.37. The standard InChI is InChI=1S/C23H35N5OS/c1-4-24-23(27-21-10-7-11-22(15-21)30(29)5-2)26-16-19-8-6-9-20(14-19)17-28-13-12-25-18(28)3/h6,8-9,12-14,21-22H,4-5,7,10-11,15-17H2,1-3H3,(H2,24,26,27). The molecule has 2 aromatic rings. The second-order valence-electron chi connectivity index (χ2n) is 7.92. The van der Waals surface area contributed by atoms with Crippen molar-refractivity contribution < 1.29 is 4.21 Å². The highest BCUT2D eigenvalue weighted by Gasteiger charge is 2.26. The summed E-state index contributed by atoms with van der Waals surface area (Å²) >= 11 is 0. The Morgan fingerprint density at radius 1 is 1.30 bits per heavy atom. The van der Waals surface area contributed by atoms with E-state index in [9.17, 15) is 4.21 Å². The Labute approximate surface area is 183 Å². The maximum absolute atomic E-state index is 12.2. The first kappa shape index (κ1) is 22.5. The number of hydrogen-bond acceptors (Lipinski definition) is 3. The molecular formula is C23H35N5OS. The predicted molar refractivity (Wildman–Crippen MR) is 125 cm³/mol. The number of hydrogen-bond donors (Lipinski definition) is 2. The van der Waals surface area contributed by atoms with Gasteiger partial charge in [0.25, 0.3) is 0 Å². The fourth-order valence-corrected chi connectivity index (χ4v) is 5.38. The molecule has 1 aliphatic carbocycles. The van der Waals surface area contributed by atoms with Gasteiger partial charge in [0.1, 0.15) is 5.82 Å². The molecule has 0 saturated heterocycles. The summed E-state index contributed by atoms with van der Waals surface area (Å²) < 4.78 is 14.4. The minimum absolute atomic E-state index is 0.312. The first-order valence-electron chi connectivity index (χ1n) is 11.1. The maximum atomic E-state index is 12.2. The van der Waals surface area contributed by atoms with E-state index in [1.54, 1.807) is 0 Å². The first-order chi connectivity index (χ1) is 14.6. The zero-order valence-corrected chi connectivity index (χ0v) is 19.3. The number of aliphatic imine (C=N–C) groups is 1. The van der Waals surface area contributed by atoms with Crippen molar-refractivity contribution in [1.29, 1.82) is 0 Å². The van der Waals surface area contributed by atoms with Crippen LogP contribution in [-0.4, -0.2) is 43.3 Å². The lowest BCUT2D eigenvalue weighted by molar-refractivity contribution is 0.413. The Morgan fingerprint density at radius 2 is 2.13 bits per heavy atom. The number of benzene rings is 1. The molecular weight excluding hydrogens is 394 g/mol. The van der Waals surface area contributed by atoms with Crippen LogP contribution in [0.15, 0.2) is 41.7 Å². The summed E-state index contributed by atoms with van der Waals surface area (Å²) in [5.41, 5.74) is 2.44. The Bertz CT molecular complexity index is 863. The zero-order chi connectivity index (χ0) is 21.3. The third-order valence-electron chi connectivity index (χ3n) is 5.66. The lowest BCUT2D eigenvalue weighted by Crippen LogP contribution is -2.46. The number of nitrogens with zero attached hydrogens (tertiary/aromatic N) is 3. The largest absolute Gasteiger partial charge is 0.357 e. The number of aromatic nitrogens is 2. The van der Waals surface area contributed by atoms with Gasteiger partial charge in [0.15, 0.2) is 5.96 Å². The van der Waals surface area contributed by atoms with E-state index in [0.717, 1.165) is 56.3 Å². The Kier molecular flexibility index (Phi) is 8.49. The third-order valence-corrected chi connectivity index (χ3v) is 7.40. The maximum Gasteiger partial charge on any atom is 0.191 e. The molecule has 0 radical (unpaired) electrons.